The Bertz CT molecular complexity index is 2210. The lowest BCUT2D eigenvalue weighted by Gasteiger charge is -2.51. The molecule has 0 radical (unpaired) electrons. The van der Waals surface area contributed by atoms with Crippen molar-refractivity contribution in [2.45, 2.75) is 160 Å². The van der Waals surface area contributed by atoms with Crippen LogP contribution in [-0.2, 0) is 47.5 Å². The second kappa shape index (κ2) is 19.6. The largest absolute Gasteiger partial charge is 0.505 e. The smallest absolute Gasteiger partial charge is 0.379 e. The number of allylic oxidation sites excluding steroid dienone is 2. The first kappa shape index (κ1) is 49.1. The summed E-state index contributed by atoms with van der Waals surface area (Å²) in [6, 6.07) is 3.18. The number of carbonyl (C=O) groups excluding carboxylic acids is 3. The van der Waals surface area contributed by atoms with E-state index >= 15 is 0 Å². The van der Waals surface area contributed by atoms with Crippen LogP contribution < -0.4 is 4.74 Å². The zero-order valence-electron chi connectivity index (χ0n) is 38.8. The molecule has 2 saturated heterocycles. The third-order valence-electron chi connectivity index (χ3n) is 15.5. The van der Waals surface area contributed by atoms with Gasteiger partial charge in [-0.05, 0) is 95.2 Å². The molecule has 4 aliphatic heterocycles. The Kier molecular flexibility index (Phi) is 14.4. The van der Waals surface area contributed by atoms with Crippen LogP contribution >= 0.6 is 11.6 Å². The number of esters is 3. The first-order valence-corrected chi connectivity index (χ1v) is 24.0. The summed E-state index contributed by atoms with van der Waals surface area (Å²) >= 11 is 6.30. The highest BCUT2D eigenvalue weighted by atomic mass is 35.5. The molecule has 7 aliphatic rings. The Morgan fingerprint density at radius 3 is 2.39 bits per heavy atom. The monoisotopic (exact) mass is 954 g/mol. The number of benzene rings is 1. The molecule has 1 saturated carbocycles. The van der Waals surface area contributed by atoms with Gasteiger partial charge in [0.1, 0.15) is 29.6 Å². The Balaban J connectivity index is 0.952. The van der Waals surface area contributed by atoms with Crippen molar-refractivity contribution in [1.29, 1.82) is 0 Å². The van der Waals surface area contributed by atoms with Crippen LogP contribution in [0.3, 0.4) is 0 Å². The van der Waals surface area contributed by atoms with Crippen LogP contribution in [0.2, 0.25) is 5.02 Å². The predicted octanol–water partition coefficient (Wildman–Crippen LogP) is 6.96. The van der Waals surface area contributed by atoms with Gasteiger partial charge in [0.2, 0.25) is 0 Å². The summed E-state index contributed by atoms with van der Waals surface area (Å²) in [6.45, 7) is 8.63. The van der Waals surface area contributed by atoms with Crippen LogP contribution in [0.4, 0.5) is 0 Å². The van der Waals surface area contributed by atoms with Crippen LogP contribution in [0.5, 0.6) is 5.75 Å². The molecule has 0 aromatic heterocycles. The minimum Gasteiger partial charge on any atom is -0.505 e. The van der Waals surface area contributed by atoms with Gasteiger partial charge in [-0.25, -0.2) is 14.4 Å². The fraction of sp³-hybridized carbons (Fsp3) is 0.640. The summed E-state index contributed by atoms with van der Waals surface area (Å²) in [5, 5.41) is 44.6. The second-order valence-corrected chi connectivity index (χ2v) is 20.0. The first-order chi connectivity index (χ1) is 31.9. The fourth-order valence-corrected chi connectivity index (χ4v) is 11.8. The molecule has 67 heavy (non-hydrogen) atoms. The Hall–Kier alpha value is -4.29. The number of fused-ring (bicyclic) bond motifs is 3. The van der Waals surface area contributed by atoms with Gasteiger partial charge in [0, 0.05) is 41.7 Å². The maximum Gasteiger partial charge on any atom is 0.379 e. The number of aliphatic hydroxyl groups excluding tert-OH is 3. The molecule has 3 aliphatic carbocycles. The first-order valence-electron chi connectivity index (χ1n) is 23.6. The molecule has 4 N–H and O–H groups in total. The molecular weight excluding hydrogens is 892 g/mol. The van der Waals surface area contributed by atoms with E-state index in [1.54, 1.807) is 45.9 Å². The van der Waals surface area contributed by atoms with E-state index in [2.05, 4.69) is 6.08 Å². The summed E-state index contributed by atoms with van der Waals surface area (Å²) in [5.74, 6) is -6.44. The zero-order valence-corrected chi connectivity index (χ0v) is 39.5. The standard InChI is InChI=1S/C50H63ClO16/c1-24-23-50-29(20-31(24)45(55)56)13-10-8-7-9-12-28-16-17-30-32(49(28,5)48(59)66-43(44(50)54)47(58)67-50)14-11-15-35(30)63-38-21-34(52)42(27(4)62-38)65-39-22-37(41(53)26(3)61-39)64-46(57)40-25(2)33(51)18-19-36(40)60-6/h10,13,16-20,24,26-30,32,34-35,37-39,41-42,52-54H,7-9,11-12,14-15,21-23H2,1-6H3,(H,55,56)/b13-10+/t24-,26-,27-,28-,29-,30+,32-,34-,35+,37-,38+,39+,41-,42-,49-,50+/m0/s1. The minimum atomic E-state index is -1.62. The molecule has 0 amide bonds. The van der Waals surface area contributed by atoms with Crippen LogP contribution in [0.25, 0.3) is 0 Å². The maximum absolute atomic E-state index is 14.8. The highest BCUT2D eigenvalue weighted by Gasteiger charge is 2.60. The number of aliphatic carboxylic acids is 1. The Labute approximate surface area is 395 Å². The van der Waals surface area contributed by atoms with Gasteiger partial charge < -0.3 is 58.3 Å². The lowest BCUT2D eigenvalue weighted by molar-refractivity contribution is -0.318. The van der Waals surface area contributed by atoms with Gasteiger partial charge in [-0.2, -0.15) is 0 Å². The second-order valence-electron chi connectivity index (χ2n) is 19.5. The Morgan fingerprint density at radius 2 is 1.66 bits per heavy atom. The number of rotatable bonds is 8. The number of carboxylic acids is 1. The molecule has 366 valence electrons. The van der Waals surface area contributed by atoms with Gasteiger partial charge in [0.15, 0.2) is 23.9 Å². The van der Waals surface area contributed by atoms with E-state index in [1.807, 2.05) is 19.1 Å². The number of carboxylic acid groups (broad SMARTS) is 1. The van der Waals surface area contributed by atoms with Crippen molar-refractivity contribution in [3.8, 4) is 5.75 Å². The van der Waals surface area contributed by atoms with Crippen molar-refractivity contribution in [1.82, 2.24) is 0 Å². The van der Waals surface area contributed by atoms with E-state index in [9.17, 15) is 39.6 Å². The van der Waals surface area contributed by atoms with Crippen molar-refractivity contribution in [2.75, 3.05) is 7.11 Å². The van der Waals surface area contributed by atoms with Crippen LogP contribution in [-0.4, -0.2) is 112 Å². The molecule has 17 heteroatoms. The van der Waals surface area contributed by atoms with Crippen LogP contribution in [0.1, 0.15) is 108 Å². The van der Waals surface area contributed by atoms with E-state index in [-0.39, 0.29) is 53.9 Å². The summed E-state index contributed by atoms with van der Waals surface area (Å²) in [5.41, 5.74) is -2.00. The van der Waals surface area contributed by atoms with Crippen molar-refractivity contribution in [3.63, 3.8) is 0 Å². The highest BCUT2D eigenvalue weighted by molar-refractivity contribution is 6.32. The van der Waals surface area contributed by atoms with Gasteiger partial charge in [0.25, 0.3) is 5.76 Å². The van der Waals surface area contributed by atoms with Crippen molar-refractivity contribution in [2.24, 2.45) is 35.0 Å². The molecule has 16 atom stereocenters. The average molecular weight is 955 g/mol. The van der Waals surface area contributed by atoms with E-state index in [0.29, 0.717) is 42.7 Å². The van der Waals surface area contributed by atoms with Crippen LogP contribution in [0.15, 0.2) is 59.6 Å². The number of ether oxygens (including phenoxy) is 8. The van der Waals surface area contributed by atoms with Crippen molar-refractivity contribution >= 4 is 35.5 Å². The SMILES string of the molecule is COc1ccc(Cl)c(C)c1C(=O)O[C@H]1C[C@@H](O[C@H]2[C@H](C)O[C@H](O[C@@H]3CCC[C@H]4[C@H]3C=C[C@@H]3CCCC/C=C/[C@H]5C=C(C(=O)O)[C@@H](C)C[C@@]56OC(=O)C(=C6O)OC(=O)[C@@]34C)C[C@@H]2O)O[C@@H](C)[C@@H]1O. The molecule has 0 unspecified atom stereocenters. The predicted molar refractivity (Wildman–Crippen MR) is 238 cm³/mol. The number of aliphatic hydroxyl groups is 3. The summed E-state index contributed by atoms with van der Waals surface area (Å²) in [6.07, 6.45) is 6.54. The molecule has 16 nitrogen and oxygen atoms in total. The van der Waals surface area contributed by atoms with Gasteiger partial charge in [0.05, 0.1) is 36.9 Å². The van der Waals surface area contributed by atoms with Gasteiger partial charge in [-0.1, -0.05) is 61.7 Å². The van der Waals surface area contributed by atoms with E-state index in [0.717, 1.165) is 12.8 Å². The number of carbonyl (C=O) groups is 4. The number of hydrogen-bond acceptors (Lipinski definition) is 15. The van der Waals surface area contributed by atoms with E-state index in [1.165, 1.54) is 13.2 Å². The lowest BCUT2D eigenvalue weighted by atomic mass is 9.55. The number of halogens is 1. The van der Waals surface area contributed by atoms with E-state index in [4.69, 9.17) is 49.5 Å². The molecule has 8 rings (SSSR count). The van der Waals surface area contributed by atoms with Crippen LogP contribution in [0, 0.1) is 41.9 Å². The topological polar surface area (TPSA) is 223 Å². The fourth-order valence-electron chi connectivity index (χ4n) is 11.7. The third-order valence-corrected chi connectivity index (χ3v) is 15.9. The quantitative estimate of drug-likeness (QED) is 0.117. The lowest BCUT2D eigenvalue weighted by Crippen LogP contribution is -2.56. The summed E-state index contributed by atoms with van der Waals surface area (Å²) < 4.78 is 48.4. The molecule has 1 aromatic carbocycles. The molecule has 1 aromatic rings. The van der Waals surface area contributed by atoms with E-state index < -0.39 is 114 Å². The number of methoxy groups -OCH3 is 1. The normalized spacial score (nSPS) is 40.5. The molecular formula is C50H63ClO16. The minimum absolute atomic E-state index is 0.00846. The van der Waals surface area contributed by atoms with Gasteiger partial charge in [-0.15, -0.1) is 0 Å². The molecule has 4 heterocycles. The molecule has 1 spiro atoms. The highest BCUT2D eigenvalue weighted by Crippen LogP contribution is 2.55. The molecule has 2 bridgehead atoms. The zero-order chi connectivity index (χ0) is 48.1. The van der Waals surface area contributed by atoms with Gasteiger partial charge >= 0.3 is 23.9 Å². The van der Waals surface area contributed by atoms with Gasteiger partial charge in [-0.3, -0.25) is 4.79 Å². The summed E-state index contributed by atoms with van der Waals surface area (Å²) in [7, 11) is 1.43. The van der Waals surface area contributed by atoms with Crippen molar-refractivity contribution < 1.29 is 77.5 Å². The summed E-state index contributed by atoms with van der Waals surface area (Å²) in [4.78, 5) is 53.9. The molecule has 3 fully saturated rings. The maximum atomic E-state index is 14.8. The Morgan fingerprint density at radius 1 is 0.910 bits per heavy atom. The number of hydrogen-bond donors (Lipinski definition) is 4. The third kappa shape index (κ3) is 9.19. The van der Waals surface area contributed by atoms with Crippen molar-refractivity contribution in [3.05, 3.63) is 75.8 Å². The average Bonchev–Trinajstić information content (AvgIpc) is 3.50.